The maximum absolute atomic E-state index is 12.4. The SMILES string of the molecule is CCn1cc(C(=O)NC(C(=O)O)c2ccc(OC)c(Cl)c2)c(C)n1. The van der Waals surface area contributed by atoms with Gasteiger partial charge in [-0.25, -0.2) is 4.79 Å². The largest absolute Gasteiger partial charge is 0.495 e. The normalized spacial score (nSPS) is 11.8. The number of halogens is 1. The average molecular weight is 352 g/mol. The van der Waals surface area contributed by atoms with Crippen molar-refractivity contribution < 1.29 is 19.4 Å². The van der Waals surface area contributed by atoms with E-state index in [1.54, 1.807) is 29.9 Å². The molecular weight excluding hydrogens is 334 g/mol. The second-order valence-corrected chi connectivity index (χ2v) is 5.53. The quantitative estimate of drug-likeness (QED) is 0.833. The molecule has 7 nitrogen and oxygen atoms in total. The number of aromatic nitrogens is 2. The Kier molecular flexibility index (Phi) is 5.46. The van der Waals surface area contributed by atoms with Crippen LogP contribution in [0.1, 0.15) is 34.6 Å². The molecule has 1 unspecified atom stereocenters. The molecule has 1 aromatic carbocycles. The van der Waals surface area contributed by atoms with Crippen molar-refractivity contribution in [3.05, 3.63) is 46.2 Å². The number of hydrogen-bond donors (Lipinski definition) is 2. The van der Waals surface area contributed by atoms with Crippen LogP contribution in [0.5, 0.6) is 5.75 Å². The summed E-state index contributed by atoms with van der Waals surface area (Å²) in [6.07, 6.45) is 1.59. The fourth-order valence-electron chi connectivity index (χ4n) is 2.26. The second-order valence-electron chi connectivity index (χ2n) is 5.12. The number of rotatable bonds is 6. The van der Waals surface area contributed by atoms with Crippen LogP contribution < -0.4 is 10.1 Å². The van der Waals surface area contributed by atoms with Gasteiger partial charge in [-0.3, -0.25) is 9.48 Å². The maximum atomic E-state index is 12.4. The average Bonchev–Trinajstić information content (AvgIpc) is 2.93. The summed E-state index contributed by atoms with van der Waals surface area (Å²) in [4.78, 5) is 24.0. The lowest BCUT2D eigenvalue weighted by Crippen LogP contribution is -2.34. The summed E-state index contributed by atoms with van der Waals surface area (Å²) in [5.41, 5.74) is 1.22. The molecule has 0 radical (unpaired) electrons. The van der Waals surface area contributed by atoms with E-state index in [-0.39, 0.29) is 5.02 Å². The van der Waals surface area contributed by atoms with Crippen molar-refractivity contribution >= 4 is 23.5 Å². The summed E-state index contributed by atoms with van der Waals surface area (Å²) >= 11 is 6.04. The van der Waals surface area contributed by atoms with Gasteiger partial charge in [0.05, 0.1) is 23.4 Å². The van der Waals surface area contributed by atoms with Gasteiger partial charge in [0.2, 0.25) is 0 Å². The minimum atomic E-state index is -1.23. The smallest absolute Gasteiger partial charge is 0.330 e. The highest BCUT2D eigenvalue weighted by Crippen LogP contribution is 2.28. The summed E-state index contributed by atoms with van der Waals surface area (Å²) in [6, 6.07) is 3.33. The van der Waals surface area contributed by atoms with E-state index < -0.39 is 17.9 Å². The van der Waals surface area contributed by atoms with E-state index in [0.717, 1.165) is 0 Å². The highest BCUT2D eigenvalue weighted by molar-refractivity contribution is 6.32. The first-order chi connectivity index (χ1) is 11.4. The van der Waals surface area contributed by atoms with Gasteiger partial charge in [0.25, 0.3) is 5.91 Å². The van der Waals surface area contributed by atoms with E-state index in [1.807, 2.05) is 6.92 Å². The summed E-state index contributed by atoms with van der Waals surface area (Å²) < 4.78 is 6.66. The molecular formula is C16H18ClN3O4. The first kappa shape index (κ1) is 17.8. The number of aryl methyl sites for hydroxylation is 2. The molecule has 128 valence electrons. The van der Waals surface area contributed by atoms with E-state index in [9.17, 15) is 14.7 Å². The molecule has 0 fully saturated rings. The van der Waals surface area contributed by atoms with Crippen molar-refractivity contribution in [1.82, 2.24) is 15.1 Å². The van der Waals surface area contributed by atoms with E-state index in [4.69, 9.17) is 16.3 Å². The number of carbonyl (C=O) groups excluding carboxylic acids is 1. The summed E-state index contributed by atoms with van der Waals surface area (Å²) in [5, 5.41) is 16.4. The molecule has 0 saturated carbocycles. The molecule has 2 aromatic rings. The molecule has 2 rings (SSSR count). The minimum absolute atomic E-state index is 0.269. The molecule has 1 amide bonds. The Labute approximate surface area is 144 Å². The van der Waals surface area contributed by atoms with Crippen molar-refractivity contribution in [3.8, 4) is 5.75 Å². The predicted molar refractivity (Wildman–Crippen MR) is 88.5 cm³/mol. The molecule has 0 spiro atoms. The third kappa shape index (κ3) is 3.68. The first-order valence-corrected chi connectivity index (χ1v) is 7.66. The van der Waals surface area contributed by atoms with Gasteiger partial charge in [-0.15, -0.1) is 0 Å². The molecule has 0 aliphatic heterocycles. The van der Waals surface area contributed by atoms with Crippen LogP contribution in [0, 0.1) is 6.92 Å². The zero-order valence-corrected chi connectivity index (χ0v) is 14.3. The van der Waals surface area contributed by atoms with Gasteiger partial charge in [-0.05, 0) is 31.5 Å². The van der Waals surface area contributed by atoms with Crippen LogP contribution in [0.15, 0.2) is 24.4 Å². The van der Waals surface area contributed by atoms with Crippen LogP contribution >= 0.6 is 11.6 Å². The van der Waals surface area contributed by atoms with Gasteiger partial charge in [0.15, 0.2) is 6.04 Å². The molecule has 1 aromatic heterocycles. The van der Waals surface area contributed by atoms with Gasteiger partial charge in [-0.1, -0.05) is 17.7 Å². The molecule has 8 heteroatoms. The zero-order valence-electron chi connectivity index (χ0n) is 13.5. The molecule has 0 saturated heterocycles. The number of carbonyl (C=O) groups is 2. The lowest BCUT2D eigenvalue weighted by Gasteiger charge is -2.16. The summed E-state index contributed by atoms with van der Waals surface area (Å²) in [7, 11) is 1.46. The monoisotopic (exact) mass is 351 g/mol. The van der Waals surface area contributed by atoms with Gasteiger partial charge in [0, 0.05) is 12.7 Å². The number of amides is 1. The Morgan fingerprint density at radius 3 is 2.67 bits per heavy atom. The molecule has 0 aliphatic rings. The van der Waals surface area contributed by atoms with Crippen LogP contribution in [0.4, 0.5) is 0 Å². The zero-order chi connectivity index (χ0) is 17.9. The van der Waals surface area contributed by atoms with E-state index in [1.165, 1.54) is 13.2 Å². The molecule has 2 N–H and O–H groups in total. The van der Waals surface area contributed by atoms with Crippen molar-refractivity contribution in [1.29, 1.82) is 0 Å². The Balaban J connectivity index is 2.28. The Morgan fingerprint density at radius 2 is 2.17 bits per heavy atom. The molecule has 1 heterocycles. The van der Waals surface area contributed by atoms with Crippen LogP contribution in [-0.2, 0) is 11.3 Å². The number of nitrogens with zero attached hydrogens (tertiary/aromatic N) is 2. The molecule has 0 bridgehead atoms. The second kappa shape index (κ2) is 7.35. The number of hydrogen-bond acceptors (Lipinski definition) is 4. The number of benzene rings is 1. The Bertz CT molecular complexity index is 773. The van der Waals surface area contributed by atoms with Crippen molar-refractivity contribution in [2.75, 3.05) is 7.11 Å². The van der Waals surface area contributed by atoms with Crippen LogP contribution in [0.3, 0.4) is 0 Å². The van der Waals surface area contributed by atoms with Gasteiger partial charge in [0.1, 0.15) is 5.75 Å². The van der Waals surface area contributed by atoms with Gasteiger partial charge >= 0.3 is 5.97 Å². The summed E-state index contributed by atoms with van der Waals surface area (Å²) in [5.74, 6) is -1.27. The molecule has 1 atom stereocenters. The minimum Gasteiger partial charge on any atom is -0.495 e. The number of nitrogens with one attached hydrogen (secondary N) is 1. The van der Waals surface area contributed by atoms with Crippen molar-refractivity contribution in [2.45, 2.75) is 26.4 Å². The van der Waals surface area contributed by atoms with Crippen LogP contribution in [0.25, 0.3) is 0 Å². The highest BCUT2D eigenvalue weighted by Gasteiger charge is 2.25. The fraction of sp³-hybridized carbons (Fsp3) is 0.312. The molecule has 0 aliphatic carbocycles. The Morgan fingerprint density at radius 1 is 1.46 bits per heavy atom. The fourth-order valence-corrected chi connectivity index (χ4v) is 2.53. The van der Waals surface area contributed by atoms with Crippen LogP contribution in [0.2, 0.25) is 5.02 Å². The third-order valence-corrected chi connectivity index (χ3v) is 3.84. The maximum Gasteiger partial charge on any atom is 0.330 e. The summed E-state index contributed by atoms with van der Waals surface area (Å²) in [6.45, 7) is 4.21. The topological polar surface area (TPSA) is 93.5 Å². The van der Waals surface area contributed by atoms with E-state index in [0.29, 0.717) is 29.1 Å². The lowest BCUT2D eigenvalue weighted by molar-refractivity contribution is -0.139. The number of ether oxygens (including phenoxy) is 1. The number of methoxy groups -OCH3 is 1. The third-order valence-electron chi connectivity index (χ3n) is 3.55. The van der Waals surface area contributed by atoms with Gasteiger partial charge in [-0.2, -0.15) is 5.10 Å². The first-order valence-electron chi connectivity index (χ1n) is 7.28. The van der Waals surface area contributed by atoms with Gasteiger partial charge < -0.3 is 15.2 Å². The lowest BCUT2D eigenvalue weighted by atomic mass is 10.1. The van der Waals surface area contributed by atoms with Crippen molar-refractivity contribution in [3.63, 3.8) is 0 Å². The highest BCUT2D eigenvalue weighted by atomic mass is 35.5. The van der Waals surface area contributed by atoms with E-state index in [2.05, 4.69) is 10.4 Å². The number of carboxylic acid groups (broad SMARTS) is 1. The van der Waals surface area contributed by atoms with E-state index >= 15 is 0 Å². The molecule has 24 heavy (non-hydrogen) atoms. The number of aliphatic carboxylic acids is 1. The van der Waals surface area contributed by atoms with Crippen LogP contribution in [-0.4, -0.2) is 33.9 Å². The Hall–Kier alpha value is -2.54. The predicted octanol–water partition coefficient (Wildman–Crippen LogP) is 2.43. The van der Waals surface area contributed by atoms with Crippen molar-refractivity contribution in [2.24, 2.45) is 0 Å². The number of carboxylic acids is 1. The standard InChI is InChI=1S/C16H18ClN3O4/c1-4-20-8-11(9(2)19-20)15(21)18-14(16(22)23)10-5-6-13(24-3)12(17)7-10/h5-8,14H,4H2,1-3H3,(H,18,21)(H,22,23).